The maximum Gasteiger partial charge on any atom is 0.334 e. The van der Waals surface area contributed by atoms with Gasteiger partial charge < -0.3 is 14.2 Å². The molecule has 5 nitrogen and oxygen atoms in total. The molecule has 0 saturated heterocycles. The zero-order chi connectivity index (χ0) is 16.7. The second-order valence-electron chi connectivity index (χ2n) is 4.84. The summed E-state index contributed by atoms with van der Waals surface area (Å²) < 4.78 is 15.7. The van der Waals surface area contributed by atoms with Gasteiger partial charge in [-0.05, 0) is 26.0 Å². The lowest BCUT2D eigenvalue weighted by Gasteiger charge is -2.09. The lowest BCUT2D eigenvalue weighted by Crippen LogP contribution is -2.09. The Kier molecular flexibility index (Phi) is 5.97. The van der Waals surface area contributed by atoms with E-state index >= 15 is 0 Å². The Morgan fingerprint density at radius 2 is 2.00 bits per heavy atom. The van der Waals surface area contributed by atoms with Gasteiger partial charge in [0.15, 0.2) is 0 Å². The zero-order valence-electron chi connectivity index (χ0n) is 13.3. The van der Waals surface area contributed by atoms with Crippen LogP contribution in [0.5, 0.6) is 5.75 Å². The summed E-state index contributed by atoms with van der Waals surface area (Å²) in [5, 5.41) is 0. The Morgan fingerprint density at radius 3 is 2.74 bits per heavy atom. The van der Waals surface area contributed by atoms with Crippen LogP contribution in [0.4, 0.5) is 0 Å². The number of hydrogen-bond acceptors (Lipinski definition) is 5. The fourth-order valence-corrected chi connectivity index (χ4v) is 2.24. The molecule has 1 aromatic rings. The molecule has 1 aliphatic heterocycles. The maximum absolute atomic E-state index is 11.9. The van der Waals surface area contributed by atoms with Crippen molar-refractivity contribution in [2.75, 3.05) is 19.8 Å². The highest BCUT2D eigenvalue weighted by atomic mass is 16.5. The predicted octanol–water partition coefficient (Wildman–Crippen LogP) is 2.99. The van der Waals surface area contributed by atoms with Crippen molar-refractivity contribution in [3.63, 3.8) is 0 Å². The molecule has 0 saturated carbocycles. The molecule has 0 atom stereocenters. The van der Waals surface area contributed by atoms with Gasteiger partial charge in [-0.15, -0.1) is 0 Å². The van der Waals surface area contributed by atoms with Gasteiger partial charge in [-0.3, -0.25) is 0 Å². The minimum absolute atomic E-state index is 0.323. The van der Waals surface area contributed by atoms with Crippen LogP contribution >= 0.6 is 0 Å². The summed E-state index contributed by atoms with van der Waals surface area (Å²) in [6.07, 6.45) is 5.28. The van der Waals surface area contributed by atoms with Gasteiger partial charge in [-0.25, -0.2) is 9.59 Å². The molecule has 0 bridgehead atoms. The van der Waals surface area contributed by atoms with Gasteiger partial charge >= 0.3 is 11.9 Å². The van der Waals surface area contributed by atoms with E-state index in [9.17, 15) is 9.59 Å². The highest BCUT2D eigenvalue weighted by Crippen LogP contribution is 2.31. The molecule has 5 heteroatoms. The van der Waals surface area contributed by atoms with Gasteiger partial charge in [0.1, 0.15) is 5.75 Å². The third-order valence-corrected chi connectivity index (χ3v) is 3.25. The van der Waals surface area contributed by atoms with Crippen molar-refractivity contribution in [1.29, 1.82) is 0 Å². The maximum atomic E-state index is 11.9. The molecule has 0 amide bonds. The van der Waals surface area contributed by atoms with Gasteiger partial charge in [0, 0.05) is 29.2 Å². The lowest BCUT2D eigenvalue weighted by atomic mass is 10.1. The number of para-hydroxylation sites is 1. The molecular formula is C18H20O5. The molecular weight excluding hydrogens is 296 g/mol. The smallest absolute Gasteiger partial charge is 0.334 e. The fraction of sp³-hybridized carbons (Fsp3) is 0.333. The van der Waals surface area contributed by atoms with Crippen molar-refractivity contribution >= 4 is 24.1 Å². The monoisotopic (exact) mass is 316 g/mol. The predicted molar refractivity (Wildman–Crippen MR) is 86.8 cm³/mol. The molecule has 0 unspecified atom stereocenters. The van der Waals surface area contributed by atoms with E-state index in [1.54, 1.807) is 26.0 Å². The van der Waals surface area contributed by atoms with Crippen molar-refractivity contribution in [3.8, 4) is 5.75 Å². The van der Waals surface area contributed by atoms with Gasteiger partial charge in [0.05, 0.1) is 19.8 Å². The van der Waals surface area contributed by atoms with E-state index < -0.39 is 5.97 Å². The van der Waals surface area contributed by atoms with Gasteiger partial charge in [0.2, 0.25) is 0 Å². The molecule has 0 aromatic heterocycles. The molecule has 0 spiro atoms. The number of esters is 2. The molecule has 1 heterocycles. The number of fused-ring (bicyclic) bond motifs is 1. The van der Waals surface area contributed by atoms with E-state index in [1.807, 2.05) is 18.2 Å². The largest absolute Gasteiger partial charge is 0.492 e. The Balaban J connectivity index is 2.29. The van der Waals surface area contributed by atoms with Crippen molar-refractivity contribution in [2.45, 2.75) is 20.3 Å². The molecule has 1 aliphatic rings. The quantitative estimate of drug-likeness (QED) is 0.617. The molecule has 122 valence electrons. The van der Waals surface area contributed by atoms with E-state index in [2.05, 4.69) is 0 Å². The minimum atomic E-state index is -0.401. The molecule has 0 aliphatic carbocycles. The Hall–Kier alpha value is -2.56. The van der Waals surface area contributed by atoms with E-state index in [4.69, 9.17) is 14.2 Å². The van der Waals surface area contributed by atoms with Crippen LogP contribution in [0, 0.1) is 0 Å². The van der Waals surface area contributed by atoms with Crippen LogP contribution in [0.3, 0.4) is 0 Å². The van der Waals surface area contributed by atoms with Crippen LogP contribution in [-0.4, -0.2) is 31.8 Å². The third-order valence-electron chi connectivity index (χ3n) is 3.25. The first-order valence-corrected chi connectivity index (χ1v) is 7.64. The molecule has 0 radical (unpaired) electrons. The number of benzene rings is 1. The second kappa shape index (κ2) is 8.17. The van der Waals surface area contributed by atoms with E-state index in [0.717, 1.165) is 11.1 Å². The van der Waals surface area contributed by atoms with E-state index in [-0.39, 0.29) is 5.97 Å². The summed E-state index contributed by atoms with van der Waals surface area (Å²) in [4.78, 5) is 23.4. The van der Waals surface area contributed by atoms with Gasteiger partial charge in [0.25, 0.3) is 0 Å². The summed E-state index contributed by atoms with van der Waals surface area (Å²) in [6.45, 7) is 4.58. The number of carbonyl (C=O) groups excluding carboxylic acids is 2. The van der Waals surface area contributed by atoms with Crippen molar-refractivity contribution < 1.29 is 23.8 Å². The average molecular weight is 316 g/mol. The van der Waals surface area contributed by atoms with Crippen LogP contribution in [0.25, 0.3) is 12.2 Å². The van der Waals surface area contributed by atoms with Gasteiger partial charge in [-0.2, -0.15) is 0 Å². The fourth-order valence-electron chi connectivity index (χ4n) is 2.24. The Bertz CT molecular complexity index is 643. The number of rotatable bonds is 5. The van der Waals surface area contributed by atoms with Crippen molar-refractivity contribution in [1.82, 2.24) is 0 Å². The summed E-state index contributed by atoms with van der Waals surface area (Å²) >= 11 is 0. The SMILES string of the molecule is CCOC(=O)C=Cc1cccc2c1OCCC(C(=O)OCC)=C2. The molecule has 0 N–H and O–H groups in total. The highest BCUT2D eigenvalue weighted by Gasteiger charge is 2.17. The summed E-state index contributed by atoms with van der Waals surface area (Å²) in [5.74, 6) is -0.0785. The minimum Gasteiger partial charge on any atom is -0.492 e. The summed E-state index contributed by atoms with van der Waals surface area (Å²) in [7, 11) is 0. The van der Waals surface area contributed by atoms with Crippen molar-refractivity contribution in [2.24, 2.45) is 0 Å². The van der Waals surface area contributed by atoms with Crippen molar-refractivity contribution in [3.05, 3.63) is 41.0 Å². The highest BCUT2D eigenvalue weighted by molar-refractivity contribution is 5.95. The van der Waals surface area contributed by atoms with Crippen LogP contribution in [-0.2, 0) is 19.1 Å². The third kappa shape index (κ3) is 4.45. The number of ether oxygens (including phenoxy) is 3. The van der Waals surface area contributed by atoms with Crippen LogP contribution < -0.4 is 4.74 Å². The summed E-state index contributed by atoms with van der Waals surface area (Å²) in [6, 6.07) is 5.55. The topological polar surface area (TPSA) is 61.8 Å². The number of hydrogen-bond donors (Lipinski definition) is 0. The Labute approximate surface area is 135 Å². The first kappa shape index (κ1) is 16.8. The van der Waals surface area contributed by atoms with Crippen LogP contribution in [0.2, 0.25) is 0 Å². The second-order valence-corrected chi connectivity index (χ2v) is 4.84. The van der Waals surface area contributed by atoms with E-state index in [1.165, 1.54) is 6.08 Å². The first-order valence-electron chi connectivity index (χ1n) is 7.64. The van der Waals surface area contributed by atoms with Crippen LogP contribution in [0.1, 0.15) is 31.4 Å². The number of carbonyl (C=O) groups is 2. The molecule has 0 fully saturated rings. The zero-order valence-corrected chi connectivity index (χ0v) is 13.3. The van der Waals surface area contributed by atoms with E-state index in [0.29, 0.717) is 37.6 Å². The lowest BCUT2D eigenvalue weighted by molar-refractivity contribution is -0.139. The summed E-state index contributed by atoms with van der Waals surface area (Å²) in [5.41, 5.74) is 2.13. The standard InChI is InChI=1S/C18H20O5/c1-3-21-16(19)9-8-13-6-5-7-14-12-15(18(20)22-4-2)10-11-23-17(13)14/h5-9,12H,3-4,10-11H2,1-2H3. The average Bonchev–Trinajstić information content (AvgIpc) is 2.76. The molecule has 23 heavy (non-hydrogen) atoms. The van der Waals surface area contributed by atoms with Crippen LogP contribution in [0.15, 0.2) is 29.8 Å². The first-order chi connectivity index (χ1) is 11.2. The Morgan fingerprint density at radius 1 is 1.22 bits per heavy atom. The normalized spacial score (nSPS) is 13.6. The van der Waals surface area contributed by atoms with Gasteiger partial charge in [-0.1, -0.05) is 18.2 Å². The molecule has 2 rings (SSSR count). The molecule has 1 aromatic carbocycles.